The van der Waals surface area contributed by atoms with Crippen molar-refractivity contribution in [2.75, 3.05) is 7.11 Å². The predicted octanol–water partition coefficient (Wildman–Crippen LogP) is 4.11. The number of fused-ring (bicyclic) bond motifs is 2. The van der Waals surface area contributed by atoms with Crippen LogP contribution >= 0.6 is 0 Å². The summed E-state index contributed by atoms with van der Waals surface area (Å²) in [6.45, 7) is 0. The summed E-state index contributed by atoms with van der Waals surface area (Å²) in [6, 6.07) is 19.4. The van der Waals surface area contributed by atoms with E-state index in [1.165, 1.54) is 0 Å². The fourth-order valence-corrected chi connectivity index (χ4v) is 3.08. The van der Waals surface area contributed by atoms with E-state index in [4.69, 9.17) is 9.47 Å². The topological polar surface area (TPSA) is 35.5 Å². The molecule has 0 amide bonds. The molecule has 0 bridgehead atoms. The van der Waals surface area contributed by atoms with E-state index in [2.05, 4.69) is 0 Å². The first-order chi connectivity index (χ1) is 10.8. The molecule has 1 aliphatic rings. The zero-order valence-electron chi connectivity index (χ0n) is 12.1. The fraction of sp³-hybridized carbons (Fsp3) is 0.105. The van der Waals surface area contributed by atoms with E-state index in [9.17, 15) is 4.79 Å². The van der Waals surface area contributed by atoms with E-state index in [-0.39, 0.29) is 12.1 Å². The van der Waals surface area contributed by atoms with E-state index in [0.717, 1.165) is 27.6 Å². The van der Waals surface area contributed by atoms with E-state index >= 15 is 0 Å². The van der Waals surface area contributed by atoms with Gasteiger partial charge in [0.25, 0.3) is 0 Å². The number of carbonyl (C=O) groups excluding carboxylic acids is 1. The summed E-state index contributed by atoms with van der Waals surface area (Å²) in [5, 5.41) is 2.05. The number of hydrogen-bond acceptors (Lipinski definition) is 3. The van der Waals surface area contributed by atoms with Crippen molar-refractivity contribution in [3.05, 3.63) is 77.4 Å². The Kier molecular flexibility index (Phi) is 2.86. The molecule has 108 valence electrons. The SMILES string of the molecule is COc1ccc(C2OC(=O)c3ccccc32)c2ccccc12. The van der Waals surface area contributed by atoms with Crippen molar-refractivity contribution < 1.29 is 14.3 Å². The number of hydrogen-bond donors (Lipinski definition) is 0. The smallest absolute Gasteiger partial charge is 0.339 e. The van der Waals surface area contributed by atoms with E-state index in [0.29, 0.717) is 5.56 Å². The molecule has 0 fully saturated rings. The monoisotopic (exact) mass is 290 g/mol. The van der Waals surface area contributed by atoms with Crippen molar-refractivity contribution in [3.8, 4) is 5.75 Å². The average molecular weight is 290 g/mol. The van der Waals surface area contributed by atoms with E-state index < -0.39 is 0 Å². The molecule has 3 heteroatoms. The molecule has 0 saturated carbocycles. The van der Waals surface area contributed by atoms with Crippen molar-refractivity contribution in [1.82, 2.24) is 0 Å². The van der Waals surface area contributed by atoms with E-state index in [1.807, 2.05) is 60.7 Å². The van der Waals surface area contributed by atoms with Gasteiger partial charge in [0.1, 0.15) is 5.75 Å². The molecule has 0 spiro atoms. The first kappa shape index (κ1) is 12.9. The summed E-state index contributed by atoms with van der Waals surface area (Å²) in [4.78, 5) is 12.1. The Morgan fingerprint density at radius 1 is 0.864 bits per heavy atom. The molecule has 3 aromatic carbocycles. The fourth-order valence-electron chi connectivity index (χ4n) is 3.08. The molecule has 1 aliphatic heterocycles. The van der Waals surface area contributed by atoms with Gasteiger partial charge >= 0.3 is 5.97 Å². The van der Waals surface area contributed by atoms with Crippen LogP contribution in [-0.2, 0) is 4.74 Å². The van der Waals surface area contributed by atoms with Crippen LogP contribution < -0.4 is 4.74 Å². The standard InChI is InChI=1S/C19H14O3/c1-21-17-11-10-15(12-6-2-3-7-13(12)17)18-14-8-4-5-9-16(14)19(20)22-18/h2-11,18H,1H3. The molecule has 0 N–H and O–H groups in total. The molecule has 1 heterocycles. The summed E-state index contributed by atoms with van der Waals surface area (Å²) >= 11 is 0. The molecule has 0 radical (unpaired) electrons. The lowest BCUT2D eigenvalue weighted by molar-refractivity contribution is 0.0458. The Labute approximate surface area is 128 Å². The Morgan fingerprint density at radius 2 is 1.59 bits per heavy atom. The van der Waals surface area contributed by atoms with Gasteiger partial charge in [-0.2, -0.15) is 0 Å². The van der Waals surface area contributed by atoms with Crippen LogP contribution in [0.4, 0.5) is 0 Å². The van der Waals surface area contributed by atoms with Crippen molar-refractivity contribution in [3.63, 3.8) is 0 Å². The number of ether oxygens (including phenoxy) is 2. The quantitative estimate of drug-likeness (QED) is 0.666. The maximum absolute atomic E-state index is 12.1. The van der Waals surface area contributed by atoms with Crippen LogP contribution in [-0.4, -0.2) is 13.1 Å². The van der Waals surface area contributed by atoms with Crippen molar-refractivity contribution in [2.45, 2.75) is 6.10 Å². The minimum atomic E-state index is -0.362. The molecular weight excluding hydrogens is 276 g/mol. The number of benzene rings is 3. The molecule has 0 aromatic heterocycles. The summed E-state index contributed by atoms with van der Waals surface area (Å²) in [5.41, 5.74) is 2.55. The number of rotatable bonds is 2. The summed E-state index contributed by atoms with van der Waals surface area (Å²) < 4.78 is 11.0. The van der Waals surface area contributed by atoms with Crippen LogP contribution in [0.2, 0.25) is 0 Å². The molecule has 22 heavy (non-hydrogen) atoms. The normalized spacial score (nSPS) is 16.4. The maximum Gasteiger partial charge on any atom is 0.339 e. The van der Waals surface area contributed by atoms with Gasteiger partial charge in [-0.15, -0.1) is 0 Å². The number of esters is 1. The first-order valence-corrected chi connectivity index (χ1v) is 7.15. The van der Waals surface area contributed by atoms with Crippen LogP contribution in [0, 0.1) is 0 Å². The van der Waals surface area contributed by atoms with Crippen molar-refractivity contribution in [1.29, 1.82) is 0 Å². The molecule has 1 atom stereocenters. The van der Waals surface area contributed by atoms with Gasteiger partial charge < -0.3 is 9.47 Å². The highest BCUT2D eigenvalue weighted by molar-refractivity contribution is 5.97. The van der Waals surface area contributed by atoms with Gasteiger partial charge in [0, 0.05) is 16.5 Å². The van der Waals surface area contributed by atoms with Gasteiger partial charge in [0.05, 0.1) is 12.7 Å². The Balaban J connectivity index is 1.95. The van der Waals surface area contributed by atoms with Crippen LogP contribution in [0.15, 0.2) is 60.7 Å². The zero-order chi connectivity index (χ0) is 15.1. The molecule has 1 unspecified atom stereocenters. The third-order valence-corrected chi connectivity index (χ3v) is 4.11. The highest BCUT2D eigenvalue weighted by Crippen LogP contribution is 2.40. The summed E-state index contributed by atoms with van der Waals surface area (Å²) in [6.07, 6.45) is -0.362. The predicted molar refractivity (Wildman–Crippen MR) is 84.2 cm³/mol. The maximum atomic E-state index is 12.1. The molecule has 0 aliphatic carbocycles. The first-order valence-electron chi connectivity index (χ1n) is 7.15. The van der Waals surface area contributed by atoms with Gasteiger partial charge in [-0.3, -0.25) is 0 Å². The Bertz CT molecular complexity index is 883. The van der Waals surface area contributed by atoms with Crippen LogP contribution in [0.5, 0.6) is 5.75 Å². The molecule has 0 saturated heterocycles. The van der Waals surface area contributed by atoms with Gasteiger partial charge in [-0.25, -0.2) is 4.79 Å². The Morgan fingerprint density at radius 3 is 2.41 bits per heavy atom. The molecular formula is C19H14O3. The van der Waals surface area contributed by atoms with Gasteiger partial charge in [0.2, 0.25) is 0 Å². The third-order valence-electron chi connectivity index (χ3n) is 4.11. The second kappa shape index (κ2) is 4.88. The highest BCUT2D eigenvalue weighted by atomic mass is 16.5. The van der Waals surface area contributed by atoms with Gasteiger partial charge in [-0.05, 0) is 17.5 Å². The van der Waals surface area contributed by atoms with E-state index in [1.54, 1.807) is 7.11 Å². The second-order valence-electron chi connectivity index (χ2n) is 5.28. The minimum Gasteiger partial charge on any atom is -0.496 e. The van der Waals surface area contributed by atoms with Crippen molar-refractivity contribution >= 4 is 16.7 Å². The van der Waals surface area contributed by atoms with Crippen molar-refractivity contribution in [2.24, 2.45) is 0 Å². The second-order valence-corrected chi connectivity index (χ2v) is 5.28. The molecule has 4 rings (SSSR count). The van der Waals surface area contributed by atoms with Gasteiger partial charge in [0.15, 0.2) is 6.10 Å². The summed E-state index contributed by atoms with van der Waals surface area (Å²) in [7, 11) is 1.66. The Hall–Kier alpha value is -2.81. The van der Waals surface area contributed by atoms with Crippen LogP contribution in [0.1, 0.15) is 27.6 Å². The molecule has 3 aromatic rings. The van der Waals surface area contributed by atoms with Gasteiger partial charge in [-0.1, -0.05) is 48.5 Å². The largest absolute Gasteiger partial charge is 0.496 e. The zero-order valence-corrected chi connectivity index (χ0v) is 12.1. The summed E-state index contributed by atoms with van der Waals surface area (Å²) in [5.74, 6) is 0.553. The molecule has 3 nitrogen and oxygen atoms in total. The number of methoxy groups -OCH3 is 1. The lowest BCUT2D eigenvalue weighted by Crippen LogP contribution is -2.02. The highest BCUT2D eigenvalue weighted by Gasteiger charge is 2.32. The number of cyclic esters (lactones) is 1. The minimum absolute atomic E-state index is 0.263. The third kappa shape index (κ3) is 1.79. The van der Waals surface area contributed by atoms with Crippen LogP contribution in [0.3, 0.4) is 0 Å². The van der Waals surface area contributed by atoms with Crippen LogP contribution in [0.25, 0.3) is 10.8 Å². The lowest BCUT2D eigenvalue weighted by atomic mass is 9.94. The average Bonchev–Trinajstić information content (AvgIpc) is 2.91. The number of carbonyl (C=O) groups is 1. The lowest BCUT2D eigenvalue weighted by Gasteiger charge is -2.15.